The summed E-state index contributed by atoms with van der Waals surface area (Å²) >= 11 is 0. The van der Waals surface area contributed by atoms with E-state index in [2.05, 4.69) is 15.4 Å². The van der Waals surface area contributed by atoms with E-state index < -0.39 is 17.8 Å². The zero-order chi connectivity index (χ0) is 15.6. The summed E-state index contributed by atoms with van der Waals surface area (Å²) in [6.45, 7) is 1.72. The summed E-state index contributed by atoms with van der Waals surface area (Å²) in [7, 11) is 1.14. The minimum atomic E-state index is -4.54. The molecule has 2 aromatic heterocycles. The third-order valence-electron chi connectivity index (χ3n) is 2.96. The zero-order valence-electron chi connectivity index (χ0n) is 11.3. The van der Waals surface area contributed by atoms with Crippen LogP contribution < -0.4 is 5.32 Å². The molecule has 0 saturated heterocycles. The standard InChI is InChI=1S/C13H13F3N4O/c1-8(9-3-5-17-6-4-9)18-12(21)10-7-11(13(14,15)16)20(2)19-10/h3-8H,1-2H3,(H,18,21)/t8-/m0/s1. The number of alkyl halides is 3. The first-order valence-corrected chi connectivity index (χ1v) is 6.11. The highest BCUT2D eigenvalue weighted by Crippen LogP contribution is 2.29. The summed E-state index contributed by atoms with van der Waals surface area (Å²) in [5, 5.41) is 6.19. The van der Waals surface area contributed by atoms with Crippen LogP contribution in [-0.4, -0.2) is 20.7 Å². The van der Waals surface area contributed by atoms with Gasteiger partial charge in [0.1, 0.15) is 5.69 Å². The van der Waals surface area contributed by atoms with Crippen molar-refractivity contribution in [1.82, 2.24) is 20.1 Å². The van der Waals surface area contributed by atoms with Gasteiger partial charge >= 0.3 is 6.18 Å². The van der Waals surface area contributed by atoms with E-state index in [0.29, 0.717) is 4.68 Å². The molecule has 0 bridgehead atoms. The van der Waals surface area contributed by atoms with Crippen LogP contribution in [0.1, 0.15) is 34.7 Å². The third kappa shape index (κ3) is 3.39. The summed E-state index contributed by atoms with van der Waals surface area (Å²) in [6.07, 6.45) is -1.40. The number of nitrogens with zero attached hydrogens (tertiary/aromatic N) is 3. The molecule has 2 heterocycles. The van der Waals surface area contributed by atoms with Gasteiger partial charge in [-0.15, -0.1) is 0 Å². The molecule has 0 unspecified atom stereocenters. The molecule has 0 aliphatic rings. The van der Waals surface area contributed by atoms with Crippen LogP contribution in [0.3, 0.4) is 0 Å². The van der Waals surface area contributed by atoms with Crippen LogP contribution in [0, 0.1) is 0 Å². The third-order valence-corrected chi connectivity index (χ3v) is 2.96. The normalized spacial score (nSPS) is 13.0. The Balaban J connectivity index is 2.14. The fraction of sp³-hybridized carbons (Fsp3) is 0.308. The second-order valence-electron chi connectivity index (χ2n) is 4.51. The van der Waals surface area contributed by atoms with Gasteiger partial charge in [-0.2, -0.15) is 18.3 Å². The molecule has 1 N–H and O–H groups in total. The maximum Gasteiger partial charge on any atom is 0.433 e. The fourth-order valence-electron chi connectivity index (χ4n) is 1.85. The van der Waals surface area contributed by atoms with Crippen LogP contribution in [0.2, 0.25) is 0 Å². The number of aryl methyl sites for hydroxylation is 1. The van der Waals surface area contributed by atoms with Crippen LogP contribution in [-0.2, 0) is 13.2 Å². The highest BCUT2D eigenvalue weighted by Gasteiger charge is 2.35. The molecule has 1 atom stereocenters. The number of aromatic nitrogens is 3. The fourth-order valence-corrected chi connectivity index (χ4v) is 1.85. The lowest BCUT2D eigenvalue weighted by molar-refractivity contribution is -0.143. The average molecular weight is 298 g/mol. The van der Waals surface area contributed by atoms with E-state index in [4.69, 9.17) is 0 Å². The van der Waals surface area contributed by atoms with Crippen LogP contribution in [0.15, 0.2) is 30.6 Å². The first-order chi connectivity index (χ1) is 9.79. The molecule has 2 aromatic rings. The van der Waals surface area contributed by atoms with Crippen molar-refractivity contribution in [3.63, 3.8) is 0 Å². The molecule has 1 amide bonds. The molecule has 2 rings (SSSR count). The topological polar surface area (TPSA) is 59.8 Å². The summed E-state index contributed by atoms with van der Waals surface area (Å²) < 4.78 is 38.6. The molecular weight excluding hydrogens is 285 g/mol. The Morgan fingerprint density at radius 3 is 2.48 bits per heavy atom. The molecule has 112 valence electrons. The van der Waals surface area contributed by atoms with E-state index in [9.17, 15) is 18.0 Å². The van der Waals surface area contributed by atoms with Crippen molar-refractivity contribution in [3.8, 4) is 0 Å². The molecule has 21 heavy (non-hydrogen) atoms. The van der Waals surface area contributed by atoms with Crippen molar-refractivity contribution in [2.75, 3.05) is 0 Å². The molecule has 0 radical (unpaired) electrons. The van der Waals surface area contributed by atoms with Gasteiger partial charge < -0.3 is 5.32 Å². The molecule has 5 nitrogen and oxygen atoms in total. The van der Waals surface area contributed by atoms with Crippen LogP contribution in [0.4, 0.5) is 13.2 Å². The van der Waals surface area contributed by atoms with Gasteiger partial charge in [-0.25, -0.2) is 0 Å². The van der Waals surface area contributed by atoms with Crippen molar-refractivity contribution in [2.24, 2.45) is 7.05 Å². The minimum Gasteiger partial charge on any atom is -0.344 e. The van der Waals surface area contributed by atoms with E-state index in [-0.39, 0.29) is 11.7 Å². The molecule has 0 aliphatic heterocycles. The van der Waals surface area contributed by atoms with Gasteiger partial charge in [0.15, 0.2) is 5.69 Å². The molecule has 0 aromatic carbocycles. The van der Waals surface area contributed by atoms with E-state index in [0.717, 1.165) is 18.7 Å². The van der Waals surface area contributed by atoms with Crippen molar-refractivity contribution in [2.45, 2.75) is 19.1 Å². The zero-order valence-corrected chi connectivity index (χ0v) is 11.3. The van der Waals surface area contributed by atoms with Gasteiger partial charge in [0.05, 0.1) is 6.04 Å². The number of halogens is 3. The van der Waals surface area contributed by atoms with E-state index in [1.165, 1.54) is 0 Å². The average Bonchev–Trinajstić information content (AvgIpc) is 2.82. The molecule has 0 saturated carbocycles. The number of carbonyl (C=O) groups excluding carboxylic acids is 1. The van der Waals surface area contributed by atoms with Crippen molar-refractivity contribution in [1.29, 1.82) is 0 Å². The first kappa shape index (κ1) is 15.0. The summed E-state index contributed by atoms with van der Waals surface area (Å²) in [5.74, 6) is -0.662. The molecule has 0 spiro atoms. The molecule has 0 fully saturated rings. The maximum absolute atomic E-state index is 12.7. The summed E-state index contributed by atoms with van der Waals surface area (Å²) in [5.41, 5.74) is -0.444. The number of nitrogens with one attached hydrogen (secondary N) is 1. The lowest BCUT2D eigenvalue weighted by atomic mass is 10.1. The van der Waals surface area contributed by atoms with E-state index >= 15 is 0 Å². The largest absolute Gasteiger partial charge is 0.433 e. The predicted molar refractivity (Wildman–Crippen MR) is 68.3 cm³/mol. The number of pyridine rings is 1. The smallest absolute Gasteiger partial charge is 0.344 e. The maximum atomic E-state index is 12.7. The summed E-state index contributed by atoms with van der Waals surface area (Å²) in [4.78, 5) is 15.8. The molecular formula is C13H13F3N4O. The second kappa shape index (κ2) is 5.55. The predicted octanol–water partition coefficient (Wildman–Crippen LogP) is 2.32. The monoisotopic (exact) mass is 298 g/mol. The van der Waals surface area contributed by atoms with E-state index in [1.807, 2.05) is 0 Å². The number of hydrogen-bond donors (Lipinski definition) is 1. The number of carbonyl (C=O) groups is 1. The second-order valence-corrected chi connectivity index (χ2v) is 4.51. The quantitative estimate of drug-likeness (QED) is 0.946. The highest BCUT2D eigenvalue weighted by molar-refractivity contribution is 5.92. The lowest BCUT2D eigenvalue weighted by Gasteiger charge is -2.12. The SMILES string of the molecule is C[C@H](NC(=O)c1cc(C(F)(F)F)n(C)n1)c1ccncc1. The van der Waals surface area contributed by atoms with Gasteiger partial charge in [-0.1, -0.05) is 0 Å². The van der Waals surface area contributed by atoms with Gasteiger partial charge in [0.2, 0.25) is 0 Å². The van der Waals surface area contributed by atoms with Crippen LogP contribution in [0.25, 0.3) is 0 Å². The summed E-state index contributed by atoms with van der Waals surface area (Å²) in [6, 6.07) is 3.79. The van der Waals surface area contributed by atoms with Gasteiger partial charge in [0, 0.05) is 25.5 Å². The Labute approximate surface area is 118 Å². The Bertz CT molecular complexity index is 637. The molecule has 8 heteroatoms. The molecule has 0 aliphatic carbocycles. The van der Waals surface area contributed by atoms with Gasteiger partial charge in [-0.3, -0.25) is 14.5 Å². The van der Waals surface area contributed by atoms with Crippen LogP contribution in [0.5, 0.6) is 0 Å². The Kier molecular flexibility index (Phi) is 3.97. The van der Waals surface area contributed by atoms with Crippen molar-refractivity contribution < 1.29 is 18.0 Å². The van der Waals surface area contributed by atoms with Crippen LogP contribution >= 0.6 is 0 Å². The highest BCUT2D eigenvalue weighted by atomic mass is 19.4. The van der Waals surface area contributed by atoms with E-state index in [1.54, 1.807) is 31.5 Å². The number of amides is 1. The number of rotatable bonds is 3. The Morgan fingerprint density at radius 1 is 1.33 bits per heavy atom. The van der Waals surface area contributed by atoms with Gasteiger partial charge in [-0.05, 0) is 24.6 Å². The Hall–Kier alpha value is -2.38. The Morgan fingerprint density at radius 2 is 1.95 bits per heavy atom. The number of hydrogen-bond acceptors (Lipinski definition) is 3. The van der Waals surface area contributed by atoms with Crippen molar-refractivity contribution in [3.05, 3.63) is 47.5 Å². The lowest BCUT2D eigenvalue weighted by Crippen LogP contribution is -2.27. The van der Waals surface area contributed by atoms with Crippen molar-refractivity contribution >= 4 is 5.91 Å². The van der Waals surface area contributed by atoms with Gasteiger partial charge in [0.25, 0.3) is 5.91 Å². The first-order valence-electron chi connectivity index (χ1n) is 6.11. The minimum absolute atomic E-state index is 0.272.